The lowest BCUT2D eigenvalue weighted by Gasteiger charge is -2.01. The third-order valence-corrected chi connectivity index (χ3v) is 2.16. The first kappa shape index (κ1) is 9.10. The fourth-order valence-corrected chi connectivity index (χ4v) is 1.45. The van der Waals surface area contributed by atoms with Crippen LogP contribution in [0.2, 0.25) is 5.02 Å². The predicted molar refractivity (Wildman–Crippen MR) is 57.4 cm³/mol. The van der Waals surface area contributed by atoms with E-state index in [9.17, 15) is 5.11 Å². The van der Waals surface area contributed by atoms with E-state index in [-0.39, 0.29) is 5.75 Å². The molecule has 1 nitrogen and oxygen atoms in total. The second-order valence-electron chi connectivity index (χ2n) is 2.97. The SMILES string of the molecule is Oc1cccc(-c2[c]ccc(Cl)c2)c1. The van der Waals surface area contributed by atoms with E-state index in [4.69, 9.17) is 11.6 Å². The predicted octanol–water partition coefficient (Wildman–Crippen LogP) is 3.51. The molecule has 1 radical (unpaired) electrons. The van der Waals surface area contributed by atoms with E-state index in [0.717, 1.165) is 11.1 Å². The number of rotatable bonds is 1. The summed E-state index contributed by atoms with van der Waals surface area (Å²) in [5.74, 6) is 0.246. The summed E-state index contributed by atoms with van der Waals surface area (Å²) in [6, 6.07) is 15.4. The van der Waals surface area contributed by atoms with Crippen molar-refractivity contribution in [3.05, 3.63) is 53.6 Å². The molecule has 0 unspecified atom stereocenters. The molecular formula is C12H8ClO. The Balaban J connectivity index is 2.49. The van der Waals surface area contributed by atoms with Gasteiger partial charge in [-0.1, -0.05) is 29.8 Å². The van der Waals surface area contributed by atoms with E-state index in [1.54, 1.807) is 30.3 Å². The van der Waals surface area contributed by atoms with E-state index < -0.39 is 0 Å². The molecule has 0 saturated carbocycles. The van der Waals surface area contributed by atoms with Crippen LogP contribution in [-0.4, -0.2) is 5.11 Å². The highest BCUT2D eigenvalue weighted by atomic mass is 35.5. The van der Waals surface area contributed by atoms with Crippen LogP contribution in [0.3, 0.4) is 0 Å². The van der Waals surface area contributed by atoms with Crippen LogP contribution in [-0.2, 0) is 0 Å². The van der Waals surface area contributed by atoms with E-state index in [2.05, 4.69) is 6.07 Å². The van der Waals surface area contributed by atoms with Gasteiger partial charge in [-0.15, -0.1) is 0 Å². The van der Waals surface area contributed by atoms with Crippen LogP contribution in [0.5, 0.6) is 5.75 Å². The van der Waals surface area contributed by atoms with Crippen molar-refractivity contribution in [2.75, 3.05) is 0 Å². The summed E-state index contributed by atoms with van der Waals surface area (Å²) >= 11 is 5.85. The largest absolute Gasteiger partial charge is 0.508 e. The quantitative estimate of drug-likeness (QED) is 0.752. The molecule has 2 aromatic carbocycles. The molecular weight excluding hydrogens is 196 g/mol. The molecule has 0 aliphatic heterocycles. The third kappa shape index (κ3) is 1.88. The van der Waals surface area contributed by atoms with Gasteiger partial charge in [-0.05, 0) is 41.5 Å². The smallest absolute Gasteiger partial charge is 0.116 e. The molecule has 0 bridgehead atoms. The van der Waals surface area contributed by atoms with Gasteiger partial charge in [0, 0.05) is 5.02 Å². The highest BCUT2D eigenvalue weighted by Gasteiger charge is 1.99. The highest BCUT2D eigenvalue weighted by molar-refractivity contribution is 6.30. The van der Waals surface area contributed by atoms with Crippen molar-refractivity contribution in [2.45, 2.75) is 0 Å². The van der Waals surface area contributed by atoms with Gasteiger partial charge in [0.1, 0.15) is 5.75 Å². The molecule has 0 aromatic heterocycles. The van der Waals surface area contributed by atoms with Crippen molar-refractivity contribution in [1.29, 1.82) is 0 Å². The average molecular weight is 204 g/mol. The lowest BCUT2D eigenvalue weighted by atomic mass is 10.1. The number of phenols is 1. The summed E-state index contributed by atoms with van der Waals surface area (Å²) in [5, 5.41) is 9.97. The van der Waals surface area contributed by atoms with Crippen LogP contribution in [0, 0.1) is 6.07 Å². The first-order chi connectivity index (χ1) is 6.75. The zero-order chi connectivity index (χ0) is 9.97. The number of phenolic OH excluding ortho intramolecular Hbond substituents is 1. The monoisotopic (exact) mass is 203 g/mol. The summed E-state index contributed by atoms with van der Waals surface area (Å²) in [4.78, 5) is 0. The van der Waals surface area contributed by atoms with Crippen molar-refractivity contribution in [3.63, 3.8) is 0 Å². The van der Waals surface area contributed by atoms with Gasteiger partial charge in [0.05, 0.1) is 0 Å². The van der Waals surface area contributed by atoms with Gasteiger partial charge in [-0.25, -0.2) is 0 Å². The first-order valence-corrected chi connectivity index (χ1v) is 4.60. The highest BCUT2D eigenvalue weighted by Crippen LogP contribution is 2.24. The van der Waals surface area contributed by atoms with Crippen molar-refractivity contribution in [3.8, 4) is 16.9 Å². The van der Waals surface area contributed by atoms with Gasteiger partial charge in [0.15, 0.2) is 0 Å². The van der Waals surface area contributed by atoms with E-state index in [1.807, 2.05) is 12.1 Å². The van der Waals surface area contributed by atoms with Crippen molar-refractivity contribution in [1.82, 2.24) is 0 Å². The molecule has 0 spiro atoms. The summed E-state index contributed by atoms with van der Waals surface area (Å²) in [5.41, 5.74) is 1.79. The molecule has 0 amide bonds. The van der Waals surface area contributed by atoms with Gasteiger partial charge < -0.3 is 5.11 Å². The van der Waals surface area contributed by atoms with Crippen molar-refractivity contribution >= 4 is 11.6 Å². The van der Waals surface area contributed by atoms with Gasteiger partial charge in [0.2, 0.25) is 0 Å². The lowest BCUT2D eigenvalue weighted by Crippen LogP contribution is -1.77. The van der Waals surface area contributed by atoms with Crippen LogP contribution in [0.1, 0.15) is 0 Å². The van der Waals surface area contributed by atoms with Crippen molar-refractivity contribution < 1.29 is 5.11 Å². The van der Waals surface area contributed by atoms with Crippen LogP contribution in [0.25, 0.3) is 11.1 Å². The Kier molecular flexibility index (Phi) is 2.42. The topological polar surface area (TPSA) is 20.2 Å². The first-order valence-electron chi connectivity index (χ1n) is 4.22. The van der Waals surface area contributed by atoms with E-state index >= 15 is 0 Å². The molecule has 0 heterocycles. The minimum Gasteiger partial charge on any atom is -0.508 e. The minimum atomic E-state index is 0.246. The molecule has 0 aliphatic rings. The normalized spacial score (nSPS) is 10.1. The van der Waals surface area contributed by atoms with Crippen molar-refractivity contribution in [2.24, 2.45) is 0 Å². The summed E-state index contributed by atoms with van der Waals surface area (Å²) < 4.78 is 0. The summed E-state index contributed by atoms with van der Waals surface area (Å²) in [7, 11) is 0. The third-order valence-electron chi connectivity index (χ3n) is 1.92. The Morgan fingerprint density at radius 1 is 1.14 bits per heavy atom. The average Bonchev–Trinajstić information content (AvgIpc) is 2.18. The maximum atomic E-state index is 9.30. The lowest BCUT2D eigenvalue weighted by molar-refractivity contribution is 0.475. The molecule has 2 aromatic rings. The molecule has 0 saturated heterocycles. The van der Waals surface area contributed by atoms with E-state index in [1.165, 1.54) is 0 Å². The standard InChI is InChI=1S/C12H8ClO/c13-11-5-1-3-9(7-11)10-4-2-6-12(14)8-10/h1-2,4-8,14H. The minimum absolute atomic E-state index is 0.246. The maximum Gasteiger partial charge on any atom is 0.116 e. The summed E-state index contributed by atoms with van der Waals surface area (Å²) in [6.45, 7) is 0. The zero-order valence-corrected chi connectivity index (χ0v) is 8.12. The van der Waals surface area contributed by atoms with Crippen LogP contribution < -0.4 is 0 Å². The summed E-state index contributed by atoms with van der Waals surface area (Å²) in [6.07, 6.45) is 0. The Hall–Kier alpha value is -1.47. The number of hydrogen-bond acceptors (Lipinski definition) is 1. The fourth-order valence-electron chi connectivity index (χ4n) is 1.28. The van der Waals surface area contributed by atoms with Crippen LogP contribution in [0.4, 0.5) is 0 Å². The molecule has 0 aliphatic carbocycles. The Labute approximate surface area is 87.6 Å². The Morgan fingerprint density at radius 3 is 2.71 bits per heavy atom. The molecule has 69 valence electrons. The van der Waals surface area contributed by atoms with E-state index in [0.29, 0.717) is 5.02 Å². The molecule has 2 heteroatoms. The van der Waals surface area contributed by atoms with Crippen LogP contribution >= 0.6 is 11.6 Å². The molecule has 2 rings (SSSR count). The molecule has 14 heavy (non-hydrogen) atoms. The number of aromatic hydroxyl groups is 1. The van der Waals surface area contributed by atoms with Gasteiger partial charge in [-0.3, -0.25) is 0 Å². The maximum absolute atomic E-state index is 9.30. The second-order valence-corrected chi connectivity index (χ2v) is 3.41. The number of hydrogen-bond donors (Lipinski definition) is 1. The number of benzene rings is 2. The van der Waals surface area contributed by atoms with Gasteiger partial charge >= 0.3 is 0 Å². The molecule has 0 fully saturated rings. The molecule has 0 atom stereocenters. The zero-order valence-electron chi connectivity index (χ0n) is 7.37. The fraction of sp³-hybridized carbons (Fsp3) is 0. The second kappa shape index (κ2) is 3.72. The van der Waals surface area contributed by atoms with Crippen LogP contribution in [0.15, 0.2) is 42.5 Å². The Bertz CT molecular complexity index is 408. The van der Waals surface area contributed by atoms with Gasteiger partial charge in [0.25, 0.3) is 0 Å². The molecule has 1 N–H and O–H groups in total. The van der Waals surface area contributed by atoms with Gasteiger partial charge in [-0.2, -0.15) is 0 Å². The Morgan fingerprint density at radius 2 is 2.00 bits per heavy atom. The number of halogens is 1.